The number of esters is 1. The molecule has 1 aliphatic rings. The van der Waals surface area contributed by atoms with Gasteiger partial charge in [-0.1, -0.05) is 29.5 Å². The first kappa shape index (κ1) is 21.4. The first-order valence-corrected chi connectivity index (χ1v) is 11.2. The molecule has 31 heavy (non-hydrogen) atoms. The molecule has 3 heterocycles. The van der Waals surface area contributed by atoms with Crippen molar-refractivity contribution in [2.75, 3.05) is 20.3 Å². The molecule has 0 spiro atoms. The molecule has 0 unspecified atom stereocenters. The molecular weight excluding hydrogens is 439 g/mol. The lowest BCUT2D eigenvalue weighted by molar-refractivity contribution is -0.140. The quantitative estimate of drug-likeness (QED) is 0.421. The zero-order valence-electron chi connectivity index (χ0n) is 16.8. The Morgan fingerprint density at radius 2 is 2.03 bits per heavy atom. The van der Waals surface area contributed by atoms with Crippen LogP contribution in [0.3, 0.4) is 0 Å². The van der Waals surface area contributed by atoms with Crippen molar-refractivity contribution in [2.24, 2.45) is 4.99 Å². The van der Waals surface area contributed by atoms with Crippen LogP contribution in [0.15, 0.2) is 62.8 Å². The molecule has 0 saturated heterocycles. The topological polar surface area (TPSA) is 69.9 Å². The highest BCUT2D eigenvalue weighted by atomic mass is 32.1. The number of benzene rings is 1. The highest BCUT2D eigenvalue weighted by Crippen LogP contribution is 2.33. The third-order valence-electron chi connectivity index (χ3n) is 4.74. The summed E-state index contributed by atoms with van der Waals surface area (Å²) in [6, 6.07) is 9.03. The van der Waals surface area contributed by atoms with E-state index < -0.39 is 12.0 Å². The van der Waals surface area contributed by atoms with Crippen molar-refractivity contribution in [3.8, 4) is 0 Å². The van der Waals surface area contributed by atoms with Crippen LogP contribution in [0.2, 0.25) is 0 Å². The first-order valence-electron chi connectivity index (χ1n) is 9.47. The van der Waals surface area contributed by atoms with Crippen LogP contribution in [0, 0.1) is 5.82 Å². The molecule has 9 heteroatoms. The number of halogens is 1. The Morgan fingerprint density at radius 3 is 2.71 bits per heavy atom. The summed E-state index contributed by atoms with van der Waals surface area (Å²) < 4.78 is 25.5. The highest BCUT2D eigenvalue weighted by Gasteiger charge is 2.33. The number of rotatable bonds is 6. The number of carbonyl (C=O) groups is 1. The van der Waals surface area contributed by atoms with Gasteiger partial charge >= 0.3 is 5.97 Å². The molecule has 0 saturated carbocycles. The van der Waals surface area contributed by atoms with E-state index in [1.165, 1.54) is 46.5 Å². The zero-order valence-corrected chi connectivity index (χ0v) is 18.5. The Hall–Kier alpha value is -2.88. The Labute approximate surface area is 185 Å². The van der Waals surface area contributed by atoms with E-state index in [1.807, 2.05) is 17.5 Å². The molecule has 1 aromatic carbocycles. The summed E-state index contributed by atoms with van der Waals surface area (Å²) in [4.78, 5) is 32.1. The second kappa shape index (κ2) is 9.09. The average molecular weight is 459 g/mol. The number of thiophene rings is 1. The number of fused-ring (bicyclic) bond motifs is 1. The van der Waals surface area contributed by atoms with Crippen molar-refractivity contribution in [3.05, 3.63) is 89.0 Å². The molecular formula is C22H19FN2O4S2. The van der Waals surface area contributed by atoms with Gasteiger partial charge in [-0.15, -0.1) is 11.3 Å². The summed E-state index contributed by atoms with van der Waals surface area (Å²) in [5, 5.41) is 1.90. The molecule has 0 aliphatic carbocycles. The molecule has 0 radical (unpaired) electrons. The number of nitrogens with zero attached hydrogens (tertiary/aromatic N) is 2. The number of methoxy groups -OCH3 is 1. The predicted octanol–water partition coefficient (Wildman–Crippen LogP) is 2.63. The first-order chi connectivity index (χ1) is 15.0. The van der Waals surface area contributed by atoms with Crippen LogP contribution in [-0.4, -0.2) is 30.9 Å². The van der Waals surface area contributed by atoms with Crippen molar-refractivity contribution in [1.82, 2.24) is 4.57 Å². The maximum absolute atomic E-state index is 13.3. The second-order valence-corrected chi connectivity index (χ2v) is 8.77. The molecule has 160 valence electrons. The van der Waals surface area contributed by atoms with E-state index in [0.29, 0.717) is 26.2 Å². The maximum Gasteiger partial charge on any atom is 0.338 e. The number of aromatic nitrogens is 1. The third kappa shape index (κ3) is 4.30. The number of ether oxygens (including phenoxy) is 2. The summed E-state index contributed by atoms with van der Waals surface area (Å²) in [5.41, 5.74) is 1.28. The largest absolute Gasteiger partial charge is 0.460 e. The average Bonchev–Trinajstić information content (AvgIpc) is 3.38. The number of carbonyl (C=O) groups excluding carboxylic acids is 1. The van der Waals surface area contributed by atoms with Gasteiger partial charge in [-0.3, -0.25) is 9.36 Å². The number of allylic oxidation sites excluding steroid dienone is 1. The van der Waals surface area contributed by atoms with E-state index in [9.17, 15) is 14.0 Å². The van der Waals surface area contributed by atoms with Gasteiger partial charge in [0, 0.05) is 12.0 Å². The van der Waals surface area contributed by atoms with Gasteiger partial charge in [0.15, 0.2) is 4.80 Å². The van der Waals surface area contributed by atoms with Gasteiger partial charge in [0.25, 0.3) is 5.56 Å². The highest BCUT2D eigenvalue weighted by molar-refractivity contribution is 7.10. The van der Waals surface area contributed by atoms with Gasteiger partial charge in [-0.05, 0) is 42.1 Å². The van der Waals surface area contributed by atoms with E-state index in [4.69, 9.17) is 9.47 Å². The molecule has 0 amide bonds. The second-order valence-electron chi connectivity index (χ2n) is 6.78. The molecule has 2 aromatic heterocycles. The van der Waals surface area contributed by atoms with Crippen LogP contribution in [0.4, 0.5) is 4.39 Å². The van der Waals surface area contributed by atoms with Gasteiger partial charge in [0.2, 0.25) is 0 Å². The molecule has 1 atom stereocenters. The summed E-state index contributed by atoms with van der Waals surface area (Å²) in [6.07, 6.45) is 1.70. The van der Waals surface area contributed by atoms with E-state index in [1.54, 1.807) is 25.1 Å². The van der Waals surface area contributed by atoms with E-state index in [-0.39, 0.29) is 24.6 Å². The van der Waals surface area contributed by atoms with Gasteiger partial charge in [0.05, 0.1) is 22.4 Å². The van der Waals surface area contributed by atoms with Crippen molar-refractivity contribution >= 4 is 34.7 Å². The van der Waals surface area contributed by atoms with Crippen molar-refractivity contribution in [2.45, 2.75) is 13.0 Å². The molecule has 0 fully saturated rings. The zero-order chi connectivity index (χ0) is 22.0. The van der Waals surface area contributed by atoms with Gasteiger partial charge < -0.3 is 9.47 Å². The Kier molecular flexibility index (Phi) is 6.26. The molecule has 4 rings (SSSR count). The minimum Gasteiger partial charge on any atom is -0.460 e. The van der Waals surface area contributed by atoms with Crippen LogP contribution in [0.25, 0.3) is 6.08 Å². The van der Waals surface area contributed by atoms with Crippen LogP contribution in [-0.2, 0) is 14.3 Å². The Morgan fingerprint density at radius 1 is 1.26 bits per heavy atom. The fraction of sp³-hybridized carbons (Fsp3) is 0.227. The summed E-state index contributed by atoms with van der Waals surface area (Å²) in [7, 11) is 1.53. The lowest BCUT2D eigenvalue weighted by Gasteiger charge is -2.23. The van der Waals surface area contributed by atoms with Gasteiger partial charge in [0.1, 0.15) is 18.5 Å². The predicted molar refractivity (Wildman–Crippen MR) is 117 cm³/mol. The smallest absolute Gasteiger partial charge is 0.338 e. The molecule has 6 nitrogen and oxygen atoms in total. The normalized spacial score (nSPS) is 16.2. The minimum absolute atomic E-state index is 0.109. The van der Waals surface area contributed by atoms with Crippen LogP contribution in [0.1, 0.15) is 23.4 Å². The fourth-order valence-corrected chi connectivity index (χ4v) is 5.17. The number of hydrogen-bond donors (Lipinski definition) is 0. The lowest BCUT2D eigenvalue weighted by atomic mass is 10.0. The van der Waals surface area contributed by atoms with Crippen LogP contribution in [0.5, 0.6) is 0 Å². The fourth-order valence-electron chi connectivity index (χ4n) is 3.30. The summed E-state index contributed by atoms with van der Waals surface area (Å²) >= 11 is 2.69. The summed E-state index contributed by atoms with van der Waals surface area (Å²) in [5.74, 6) is -0.868. The lowest BCUT2D eigenvalue weighted by Crippen LogP contribution is -2.39. The van der Waals surface area contributed by atoms with E-state index >= 15 is 0 Å². The summed E-state index contributed by atoms with van der Waals surface area (Å²) in [6.45, 7) is 2.13. The molecule has 0 N–H and O–H groups in total. The van der Waals surface area contributed by atoms with Gasteiger partial charge in [-0.2, -0.15) is 0 Å². The van der Waals surface area contributed by atoms with Crippen molar-refractivity contribution < 1.29 is 18.7 Å². The number of hydrogen-bond acceptors (Lipinski definition) is 7. The Balaban J connectivity index is 1.84. The molecule has 3 aromatic rings. The molecule has 1 aliphatic heterocycles. The monoisotopic (exact) mass is 458 g/mol. The van der Waals surface area contributed by atoms with Crippen LogP contribution >= 0.6 is 22.7 Å². The van der Waals surface area contributed by atoms with Crippen LogP contribution < -0.4 is 14.9 Å². The minimum atomic E-state index is -0.623. The SMILES string of the molecule is COCCOC(=O)C1=C(C)N=c2s/c(=C/c3ccc(F)cc3)c(=O)n2[C@H]1c1cccs1. The van der Waals surface area contributed by atoms with Crippen molar-refractivity contribution in [1.29, 1.82) is 0 Å². The Bertz CT molecular complexity index is 1300. The third-order valence-corrected chi connectivity index (χ3v) is 6.65. The van der Waals surface area contributed by atoms with E-state index in [2.05, 4.69) is 4.99 Å². The van der Waals surface area contributed by atoms with Crippen molar-refractivity contribution in [3.63, 3.8) is 0 Å². The van der Waals surface area contributed by atoms with Gasteiger partial charge in [-0.25, -0.2) is 14.2 Å². The maximum atomic E-state index is 13.3. The standard InChI is InChI=1S/C22H19FN2O4S2/c1-13-18(21(27)29-10-9-28-2)19(16-4-3-11-30-16)25-20(26)17(31-22(25)24-13)12-14-5-7-15(23)8-6-14/h3-8,11-12,19H,9-10H2,1-2H3/b17-12+/t19-/m0/s1. The number of thiazole rings is 1. The molecule has 0 bridgehead atoms. The van der Waals surface area contributed by atoms with E-state index in [0.717, 1.165) is 4.88 Å².